The first-order chi connectivity index (χ1) is 9.22. The van der Waals surface area contributed by atoms with Gasteiger partial charge in [0.1, 0.15) is 10.8 Å². The second-order valence-corrected chi connectivity index (χ2v) is 5.85. The predicted molar refractivity (Wildman–Crippen MR) is 73.1 cm³/mol. The molecule has 0 radical (unpaired) electrons. The number of hydrogen-bond donors (Lipinski definition) is 0. The molecule has 0 aliphatic heterocycles. The Morgan fingerprint density at radius 3 is 2.95 bits per heavy atom. The highest BCUT2D eigenvalue weighted by Crippen LogP contribution is 2.59. The van der Waals surface area contributed by atoms with Crippen LogP contribution in [0.3, 0.4) is 0 Å². The third-order valence-electron chi connectivity index (χ3n) is 3.83. The topological polar surface area (TPSA) is 35.0 Å². The maximum Gasteiger partial charge on any atom is 0.257 e. The molecule has 2 aliphatic rings. The molecule has 2 atom stereocenters. The van der Waals surface area contributed by atoms with Crippen molar-refractivity contribution in [2.24, 2.45) is 5.92 Å². The van der Waals surface area contributed by atoms with E-state index in [1.54, 1.807) is 0 Å². The number of nitrogens with zero attached hydrogens (tertiary/aromatic N) is 2. The van der Waals surface area contributed by atoms with Gasteiger partial charge in [-0.15, -0.1) is 10.2 Å². The molecule has 1 aromatic carbocycles. The lowest BCUT2D eigenvalue weighted by Gasteiger charge is -2.11. The van der Waals surface area contributed by atoms with Gasteiger partial charge in [0, 0.05) is 11.6 Å². The van der Waals surface area contributed by atoms with Crippen LogP contribution in [-0.4, -0.2) is 10.2 Å². The number of benzene rings is 1. The highest BCUT2D eigenvalue weighted by molar-refractivity contribution is 6.34. The zero-order valence-electron chi connectivity index (χ0n) is 9.94. The van der Waals surface area contributed by atoms with Crippen LogP contribution in [0.25, 0.3) is 0 Å². The molecular weight excluding hydrogens is 283 g/mol. The van der Waals surface area contributed by atoms with Crippen LogP contribution in [0.5, 0.6) is 11.6 Å². The van der Waals surface area contributed by atoms with E-state index in [1.807, 2.05) is 12.1 Å². The zero-order chi connectivity index (χ0) is 13.0. The highest BCUT2D eigenvalue weighted by atomic mass is 35.5. The Morgan fingerprint density at radius 1 is 1.21 bits per heavy atom. The molecule has 4 rings (SSSR count). The summed E-state index contributed by atoms with van der Waals surface area (Å²) >= 11 is 11.8. The quantitative estimate of drug-likeness (QED) is 0.831. The number of ether oxygens (including phenoxy) is 1. The molecule has 1 heterocycles. The van der Waals surface area contributed by atoms with Crippen LogP contribution >= 0.6 is 23.2 Å². The molecule has 96 valence electrons. The van der Waals surface area contributed by atoms with Crippen LogP contribution in [-0.2, 0) is 6.42 Å². The Balaban J connectivity index is 1.73. The molecule has 0 amide bonds. The summed E-state index contributed by atoms with van der Waals surface area (Å²) in [6.07, 6.45) is 2.44. The maximum absolute atomic E-state index is 6.07. The average Bonchev–Trinajstić information content (AvgIpc) is 3.04. The van der Waals surface area contributed by atoms with Gasteiger partial charge in [0.05, 0.1) is 0 Å². The monoisotopic (exact) mass is 292 g/mol. The van der Waals surface area contributed by atoms with E-state index >= 15 is 0 Å². The lowest BCUT2D eigenvalue weighted by molar-refractivity contribution is 0.450. The fourth-order valence-corrected chi connectivity index (χ4v) is 3.28. The normalized spacial score (nSPS) is 22.8. The zero-order valence-corrected chi connectivity index (χ0v) is 11.4. The summed E-state index contributed by atoms with van der Waals surface area (Å²) in [5, 5.41) is 8.31. The van der Waals surface area contributed by atoms with E-state index in [0.717, 1.165) is 18.1 Å². The van der Waals surface area contributed by atoms with Crippen LogP contribution in [0, 0.1) is 5.92 Å². The summed E-state index contributed by atoms with van der Waals surface area (Å²) in [4.78, 5) is 0. The molecule has 2 aromatic rings. The van der Waals surface area contributed by atoms with Crippen LogP contribution < -0.4 is 4.74 Å². The molecule has 1 fully saturated rings. The third-order valence-corrected chi connectivity index (χ3v) is 4.28. The van der Waals surface area contributed by atoms with E-state index in [0.29, 0.717) is 16.8 Å². The van der Waals surface area contributed by atoms with Crippen molar-refractivity contribution in [1.29, 1.82) is 0 Å². The van der Waals surface area contributed by atoms with E-state index < -0.39 is 0 Å². The molecule has 1 aromatic heterocycles. The van der Waals surface area contributed by atoms with E-state index in [4.69, 9.17) is 27.9 Å². The Kier molecular flexibility index (Phi) is 2.47. The van der Waals surface area contributed by atoms with Crippen molar-refractivity contribution in [2.45, 2.75) is 18.8 Å². The average molecular weight is 293 g/mol. The standard InChI is InChI=1S/C14H10Cl2N2O/c15-10-6-12(16)17-18-14(10)19-11-3-1-2-7-4-8-5-9(8)13(7)11/h1-3,6,8-9H,4-5H2. The molecule has 0 bridgehead atoms. The van der Waals surface area contributed by atoms with Crippen molar-refractivity contribution >= 4 is 23.2 Å². The van der Waals surface area contributed by atoms with E-state index in [9.17, 15) is 0 Å². The first-order valence-corrected chi connectivity index (χ1v) is 6.96. The fourth-order valence-electron chi connectivity index (χ4n) is 2.90. The summed E-state index contributed by atoms with van der Waals surface area (Å²) < 4.78 is 5.84. The highest BCUT2D eigenvalue weighted by Gasteiger charge is 2.46. The molecule has 1 saturated carbocycles. The second kappa shape index (κ2) is 4.09. The summed E-state index contributed by atoms with van der Waals surface area (Å²) in [7, 11) is 0. The van der Waals surface area contributed by atoms with Crippen LogP contribution in [0.4, 0.5) is 0 Å². The van der Waals surface area contributed by atoms with Gasteiger partial charge in [-0.1, -0.05) is 35.3 Å². The summed E-state index contributed by atoms with van der Waals surface area (Å²) in [6.45, 7) is 0. The van der Waals surface area contributed by atoms with Gasteiger partial charge in [-0.05, 0) is 36.3 Å². The van der Waals surface area contributed by atoms with Gasteiger partial charge >= 0.3 is 0 Å². The molecule has 2 aliphatic carbocycles. The number of halogens is 2. The van der Waals surface area contributed by atoms with E-state index in [1.165, 1.54) is 23.6 Å². The first-order valence-electron chi connectivity index (χ1n) is 6.21. The van der Waals surface area contributed by atoms with Crippen molar-refractivity contribution in [3.63, 3.8) is 0 Å². The molecule has 0 N–H and O–H groups in total. The lowest BCUT2D eigenvalue weighted by atomic mass is 10.1. The van der Waals surface area contributed by atoms with Gasteiger partial charge in [-0.3, -0.25) is 0 Å². The summed E-state index contributed by atoms with van der Waals surface area (Å²) in [5.74, 6) is 2.63. The Bertz CT molecular complexity index is 674. The second-order valence-electron chi connectivity index (χ2n) is 5.06. The van der Waals surface area contributed by atoms with Gasteiger partial charge in [0.15, 0.2) is 5.15 Å². The van der Waals surface area contributed by atoms with Crippen LogP contribution in [0.2, 0.25) is 10.2 Å². The smallest absolute Gasteiger partial charge is 0.257 e. The van der Waals surface area contributed by atoms with Gasteiger partial charge in [-0.2, -0.15) is 0 Å². The number of fused-ring (bicyclic) bond motifs is 3. The number of aromatic nitrogens is 2. The number of hydrogen-bond acceptors (Lipinski definition) is 3. The van der Waals surface area contributed by atoms with Gasteiger partial charge in [0.2, 0.25) is 0 Å². The van der Waals surface area contributed by atoms with Crippen molar-refractivity contribution in [2.75, 3.05) is 0 Å². The molecule has 0 saturated heterocycles. The van der Waals surface area contributed by atoms with Gasteiger partial charge < -0.3 is 4.74 Å². The minimum atomic E-state index is 0.262. The number of rotatable bonds is 2. The SMILES string of the molecule is Clc1cc(Cl)c(Oc2cccc3c2C2CC2C3)nn1. The first kappa shape index (κ1) is 11.5. The van der Waals surface area contributed by atoms with Crippen molar-refractivity contribution < 1.29 is 4.74 Å². The van der Waals surface area contributed by atoms with Crippen molar-refractivity contribution in [3.05, 3.63) is 45.6 Å². The molecule has 19 heavy (non-hydrogen) atoms. The van der Waals surface area contributed by atoms with E-state index in [-0.39, 0.29) is 5.15 Å². The summed E-state index contributed by atoms with van der Waals surface area (Å²) in [5.41, 5.74) is 2.71. The Hall–Kier alpha value is -1.32. The van der Waals surface area contributed by atoms with E-state index in [2.05, 4.69) is 16.3 Å². The molecule has 5 heteroatoms. The Morgan fingerprint density at radius 2 is 2.11 bits per heavy atom. The van der Waals surface area contributed by atoms with Crippen LogP contribution in [0.15, 0.2) is 24.3 Å². The Labute approximate surface area is 120 Å². The van der Waals surface area contributed by atoms with Crippen molar-refractivity contribution in [1.82, 2.24) is 10.2 Å². The molecule has 3 nitrogen and oxygen atoms in total. The molecular formula is C14H10Cl2N2O. The minimum absolute atomic E-state index is 0.262. The molecule has 0 spiro atoms. The lowest BCUT2D eigenvalue weighted by Crippen LogP contribution is -1.96. The third kappa shape index (κ3) is 1.88. The largest absolute Gasteiger partial charge is 0.436 e. The minimum Gasteiger partial charge on any atom is -0.436 e. The molecule has 2 unspecified atom stereocenters. The van der Waals surface area contributed by atoms with Gasteiger partial charge in [-0.25, -0.2) is 0 Å². The fraction of sp³-hybridized carbons (Fsp3) is 0.286. The predicted octanol–water partition coefficient (Wildman–Crippen LogP) is 4.24. The van der Waals surface area contributed by atoms with Crippen LogP contribution in [0.1, 0.15) is 23.5 Å². The van der Waals surface area contributed by atoms with Crippen molar-refractivity contribution in [3.8, 4) is 11.6 Å². The van der Waals surface area contributed by atoms with Gasteiger partial charge in [0.25, 0.3) is 5.88 Å². The maximum atomic E-state index is 6.07. The summed E-state index contributed by atoms with van der Waals surface area (Å²) in [6, 6.07) is 7.68.